The van der Waals surface area contributed by atoms with Crippen LogP contribution in [0.4, 0.5) is 0 Å². The zero-order valence-corrected chi connectivity index (χ0v) is 10.5. The number of carbonyl (C=O) groups excluding carboxylic acids is 1. The molecular weight excluding hydrogens is 238 g/mol. The molecule has 0 aliphatic rings. The zero-order valence-electron chi connectivity index (χ0n) is 10.5. The average Bonchev–Trinajstić information content (AvgIpc) is 2.79. The summed E-state index contributed by atoms with van der Waals surface area (Å²) in [5, 5.41) is 2.31. The van der Waals surface area contributed by atoms with Gasteiger partial charge in [0, 0.05) is 24.9 Å². The molecule has 0 aliphatic heterocycles. The molecule has 2 aromatic carbocycles. The summed E-state index contributed by atoms with van der Waals surface area (Å²) >= 11 is 0. The molecule has 3 aromatic rings. The van der Waals surface area contributed by atoms with Crippen molar-refractivity contribution in [1.29, 1.82) is 0 Å². The van der Waals surface area contributed by atoms with Crippen LogP contribution >= 0.6 is 0 Å². The molecule has 0 N–H and O–H groups in total. The largest absolute Gasteiger partial charge is 0.441 e. The Morgan fingerprint density at radius 3 is 2.58 bits per heavy atom. The predicted molar refractivity (Wildman–Crippen MR) is 74.8 cm³/mol. The first-order valence-corrected chi connectivity index (χ1v) is 6.04. The lowest BCUT2D eigenvalue weighted by molar-refractivity contribution is 0.112. The zero-order chi connectivity index (χ0) is 13.2. The fraction of sp³-hybridized carbons (Fsp3) is 0.0625. The molecule has 0 saturated heterocycles. The normalized spacial score (nSPS) is 10.6. The average molecular weight is 251 g/mol. The molecule has 19 heavy (non-hydrogen) atoms. The van der Waals surface area contributed by atoms with Crippen LogP contribution in [0.1, 0.15) is 10.4 Å². The van der Waals surface area contributed by atoms with Gasteiger partial charge in [0.25, 0.3) is 0 Å². The van der Waals surface area contributed by atoms with E-state index in [1.54, 1.807) is 16.8 Å². The second-order valence-electron chi connectivity index (χ2n) is 4.45. The Morgan fingerprint density at radius 2 is 1.84 bits per heavy atom. The van der Waals surface area contributed by atoms with Crippen molar-refractivity contribution >= 4 is 17.1 Å². The number of nitrogens with zero attached hydrogens (tertiary/aromatic N) is 1. The van der Waals surface area contributed by atoms with E-state index in [0.29, 0.717) is 11.4 Å². The van der Waals surface area contributed by atoms with E-state index < -0.39 is 0 Å². The van der Waals surface area contributed by atoms with Crippen LogP contribution in [-0.2, 0) is 7.05 Å². The summed E-state index contributed by atoms with van der Waals surface area (Å²) in [4.78, 5) is 10.7. The Kier molecular flexibility index (Phi) is 2.80. The van der Waals surface area contributed by atoms with Crippen LogP contribution in [0.25, 0.3) is 10.8 Å². The van der Waals surface area contributed by atoms with Crippen LogP contribution in [0.3, 0.4) is 0 Å². The van der Waals surface area contributed by atoms with Gasteiger partial charge in [0.2, 0.25) is 0 Å². The number of aryl methyl sites for hydroxylation is 1. The molecular formula is C16H13NO2. The van der Waals surface area contributed by atoms with E-state index in [1.165, 1.54) is 5.39 Å². The van der Waals surface area contributed by atoms with E-state index in [2.05, 4.69) is 6.07 Å². The number of benzene rings is 2. The first-order valence-electron chi connectivity index (χ1n) is 6.04. The lowest BCUT2D eigenvalue weighted by Crippen LogP contribution is -1.91. The van der Waals surface area contributed by atoms with Crippen LogP contribution in [0, 0.1) is 0 Å². The van der Waals surface area contributed by atoms with Crippen molar-refractivity contribution < 1.29 is 9.53 Å². The highest BCUT2D eigenvalue weighted by Crippen LogP contribution is 2.26. The van der Waals surface area contributed by atoms with Crippen molar-refractivity contribution in [3.8, 4) is 11.6 Å². The highest BCUT2D eigenvalue weighted by atomic mass is 16.5. The number of rotatable bonds is 3. The quantitative estimate of drug-likeness (QED) is 0.663. The molecule has 1 heterocycles. The minimum atomic E-state index is 0.610. The third-order valence-electron chi connectivity index (χ3n) is 3.06. The van der Waals surface area contributed by atoms with Crippen molar-refractivity contribution in [3.63, 3.8) is 0 Å². The molecule has 0 spiro atoms. The summed E-state index contributed by atoms with van der Waals surface area (Å²) in [5.74, 6) is 1.41. The fourth-order valence-electron chi connectivity index (χ4n) is 2.09. The summed E-state index contributed by atoms with van der Waals surface area (Å²) in [7, 11) is 1.85. The Balaban J connectivity index is 1.96. The molecule has 94 valence electrons. The maximum Gasteiger partial charge on any atom is 0.200 e. The molecule has 0 amide bonds. The molecule has 0 radical (unpaired) electrons. The van der Waals surface area contributed by atoms with Gasteiger partial charge in [-0.05, 0) is 22.9 Å². The van der Waals surface area contributed by atoms with E-state index in [9.17, 15) is 4.79 Å². The smallest absolute Gasteiger partial charge is 0.200 e. The van der Waals surface area contributed by atoms with Gasteiger partial charge in [-0.25, -0.2) is 0 Å². The maximum atomic E-state index is 10.7. The Bertz CT molecular complexity index is 743. The lowest BCUT2D eigenvalue weighted by Gasteiger charge is -2.07. The van der Waals surface area contributed by atoms with Gasteiger partial charge < -0.3 is 9.30 Å². The van der Waals surface area contributed by atoms with E-state index in [4.69, 9.17) is 4.74 Å². The number of fused-ring (bicyclic) bond motifs is 1. The highest BCUT2D eigenvalue weighted by Gasteiger charge is 2.05. The Labute approximate surface area is 111 Å². The summed E-state index contributed by atoms with van der Waals surface area (Å²) in [6, 6.07) is 15.8. The fourth-order valence-corrected chi connectivity index (χ4v) is 2.09. The van der Waals surface area contributed by atoms with Gasteiger partial charge in [-0.1, -0.05) is 30.3 Å². The summed E-state index contributed by atoms with van der Waals surface area (Å²) in [5.41, 5.74) is 0.610. The van der Waals surface area contributed by atoms with Gasteiger partial charge in [0.15, 0.2) is 12.2 Å². The molecule has 3 rings (SSSR count). The van der Waals surface area contributed by atoms with E-state index in [1.807, 2.05) is 43.4 Å². The monoisotopic (exact) mass is 251 g/mol. The number of hydrogen-bond donors (Lipinski definition) is 0. The molecule has 0 saturated carbocycles. The second kappa shape index (κ2) is 4.61. The molecule has 0 bridgehead atoms. The molecule has 0 unspecified atom stereocenters. The van der Waals surface area contributed by atoms with Crippen LogP contribution < -0.4 is 4.74 Å². The van der Waals surface area contributed by atoms with E-state index >= 15 is 0 Å². The van der Waals surface area contributed by atoms with Crippen LogP contribution in [0.5, 0.6) is 11.6 Å². The number of ether oxygens (including phenoxy) is 1. The molecule has 3 heteroatoms. The predicted octanol–water partition coefficient (Wildman–Crippen LogP) is 3.78. The van der Waals surface area contributed by atoms with Crippen LogP contribution in [-0.4, -0.2) is 10.9 Å². The van der Waals surface area contributed by atoms with Crippen LogP contribution in [0.2, 0.25) is 0 Å². The molecule has 1 aromatic heterocycles. The van der Waals surface area contributed by atoms with E-state index in [0.717, 1.165) is 17.4 Å². The van der Waals surface area contributed by atoms with Crippen LogP contribution in [0.15, 0.2) is 54.7 Å². The SMILES string of the molecule is Cn1cc(C=O)cc1Oc1ccc2ccccc2c1. The van der Waals surface area contributed by atoms with Gasteiger partial charge in [-0.2, -0.15) is 0 Å². The van der Waals surface area contributed by atoms with Gasteiger partial charge in [-0.3, -0.25) is 4.79 Å². The summed E-state index contributed by atoms with van der Waals surface area (Å²) in [6.07, 6.45) is 2.55. The van der Waals surface area contributed by atoms with Crippen molar-refractivity contribution in [2.45, 2.75) is 0 Å². The topological polar surface area (TPSA) is 31.2 Å². The Morgan fingerprint density at radius 1 is 1.05 bits per heavy atom. The lowest BCUT2D eigenvalue weighted by atomic mass is 10.1. The van der Waals surface area contributed by atoms with Crippen molar-refractivity contribution in [2.75, 3.05) is 0 Å². The highest BCUT2D eigenvalue weighted by molar-refractivity contribution is 5.83. The molecule has 0 fully saturated rings. The minimum Gasteiger partial charge on any atom is -0.441 e. The Hall–Kier alpha value is -2.55. The van der Waals surface area contributed by atoms with Gasteiger partial charge >= 0.3 is 0 Å². The number of aldehydes is 1. The molecule has 0 atom stereocenters. The molecule has 3 nitrogen and oxygen atoms in total. The van der Waals surface area contributed by atoms with Crippen molar-refractivity contribution in [1.82, 2.24) is 4.57 Å². The standard InChI is InChI=1S/C16H13NO2/c1-17-10-12(11-18)8-16(17)19-15-7-6-13-4-2-3-5-14(13)9-15/h2-11H,1H3. The first kappa shape index (κ1) is 11.5. The first-order chi connectivity index (χ1) is 9.26. The second-order valence-corrected chi connectivity index (χ2v) is 4.45. The van der Waals surface area contributed by atoms with E-state index in [-0.39, 0.29) is 0 Å². The number of hydrogen-bond acceptors (Lipinski definition) is 2. The minimum absolute atomic E-state index is 0.610. The maximum absolute atomic E-state index is 10.7. The number of aromatic nitrogens is 1. The van der Waals surface area contributed by atoms with Gasteiger partial charge in [0.1, 0.15) is 5.75 Å². The van der Waals surface area contributed by atoms with Gasteiger partial charge in [0.05, 0.1) is 0 Å². The summed E-state index contributed by atoms with van der Waals surface area (Å²) in [6.45, 7) is 0. The third kappa shape index (κ3) is 2.22. The van der Waals surface area contributed by atoms with Crippen molar-refractivity contribution in [3.05, 3.63) is 60.3 Å². The summed E-state index contributed by atoms with van der Waals surface area (Å²) < 4.78 is 7.59. The third-order valence-corrected chi connectivity index (χ3v) is 3.06. The molecule has 0 aliphatic carbocycles. The number of carbonyl (C=O) groups is 1. The van der Waals surface area contributed by atoms with Crippen molar-refractivity contribution in [2.24, 2.45) is 7.05 Å². The van der Waals surface area contributed by atoms with Gasteiger partial charge in [-0.15, -0.1) is 0 Å².